The second-order valence-electron chi connectivity index (χ2n) is 8.08. The van der Waals surface area contributed by atoms with Crippen molar-refractivity contribution < 1.29 is 32.2 Å². The molecule has 12 heteroatoms. The lowest BCUT2D eigenvalue weighted by atomic mass is 10.1. The second kappa shape index (κ2) is 12.6. The van der Waals surface area contributed by atoms with E-state index >= 15 is 0 Å². The summed E-state index contributed by atoms with van der Waals surface area (Å²) in [6.45, 7) is 8.11. The van der Waals surface area contributed by atoms with Gasteiger partial charge in [0.25, 0.3) is 0 Å². The first-order valence-corrected chi connectivity index (χ1v) is 9.62. The number of aromatic nitrogens is 3. The van der Waals surface area contributed by atoms with Gasteiger partial charge in [-0.25, -0.2) is 14.3 Å². The molecule has 0 aliphatic rings. The molecule has 0 saturated carbocycles. The highest BCUT2D eigenvalue weighted by molar-refractivity contribution is 5.67. The number of amides is 1. The summed E-state index contributed by atoms with van der Waals surface area (Å²) in [6, 6.07) is 1.87. The van der Waals surface area contributed by atoms with Gasteiger partial charge in [0.2, 0.25) is 0 Å². The average Bonchev–Trinajstić information content (AvgIpc) is 3.07. The average molecular weight is 466 g/mol. The predicted octanol–water partition coefficient (Wildman–Crippen LogP) is 3.45. The smallest absolute Gasteiger partial charge is 0.416 e. The van der Waals surface area contributed by atoms with Gasteiger partial charge in [-0.1, -0.05) is 0 Å². The molecule has 0 aliphatic carbocycles. The lowest BCUT2D eigenvalue weighted by Gasteiger charge is -2.25. The van der Waals surface area contributed by atoms with Crippen LogP contribution in [0.15, 0.2) is 18.5 Å². The van der Waals surface area contributed by atoms with Crippen LogP contribution >= 0.6 is 0 Å². The Morgan fingerprint density at radius 2 is 1.72 bits per heavy atom. The number of carbonyl (C=O) groups is 1. The van der Waals surface area contributed by atoms with Crippen molar-refractivity contribution in [1.29, 1.82) is 0 Å². The first kappa shape index (κ1) is 29.6. The Morgan fingerprint density at radius 1 is 1.16 bits per heavy atom. The minimum absolute atomic E-state index is 0.288. The molecule has 0 unspecified atom stereocenters. The van der Waals surface area contributed by atoms with Crippen LogP contribution in [0.5, 0.6) is 0 Å². The summed E-state index contributed by atoms with van der Waals surface area (Å²) >= 11 is 0. The molecule has 184 valence electrons. The van der Waals surface area contributed by atoms with Gasteiger partial charge in [0.1, 0.15) is 5.60 Å². The van der Waals surface area contributed by atoms with E-state index in [2.05, 4.69) is 24.9 Å². The van der Waals surface area contributed by atoms with Crippen molar-refractivity contribution in [2.24, 2.45) is 5.73 Å². The van der Waals surface area contributed by atoms with Crippen LogP contribution in [0.4, 0.5) is 18.0 Å². The number of fused-ring (bicyclic) bond motifs is 1. The molecule has 2 rings (SSSR count). The monoisotopic (exact) mass is 465 g/mol. The van der Waals surface area contributed by atoms with E-state index in [1.807, 2.05) is 26.8 Å². The van der Waals surface area contributed by atoms with Gasteiger partial charge >= 0.3 is 12.3 Å². The lowest BCUT2D eigenvalue weighted by molar-refractivity contribution is -0.255. The zero-order valence-electron chi connectivity index (χ0n) is 19.8. The number of imidazole rings is 1. The Morgan fingerprint density at radius 3 is 2.12 bits per heavy atom. The molecule has 9 nitrogen and oxygen atoms in total. The first-order valence-electron chi connectivity index (χ1n) is 9.62. The van der Waals surface area contributed by atoms with Crippen molar-refractivity contribution in [3.8, 4) is 0 Å². The number of ether oxygens (including phenoxy) is 3. The van der Waals surface area contributed by atoms with Crippen LogP contribution in [0.3, 0.4) is 0 Å². The molecule has 0 fully saturated rings. The Labute approximate surface area is 186 Å². The largest absolute Gasteiger partial charge is 0.444 e. The molecule has 2 aromatic rings. The SMILES string of the molecule is CC(C)(C)OC(=O)NCc1cn2ncc(CN)cc2n1.COC.COC(C)(C)C(F)(F)F. The van der Waals surface area contributed by atoms with Crippen LogP contribution in [0.1, 0.15) is 45.9 Å². The minimum atomic E-state index is -4.28. The maximum atomic E-state index is 11.7. The van der Waals surface area contributed by atoms with Gasteiger partial charge in [0.05, 0.1) is 24.6 Å². The van der Waals surface area contributed by atoms with Gasteiger partial charge in [0, 0.05) is 27.9 Å². The zero-order chi connectivity index (χ0) is 25.2. The predicted molar refractivity (Wildman–Crippen MR) is 114 cm³/mol. The van der Waals surface area contributed by atoms with E-state index in [9.17, 15) is 18.0 Å². The zero-order valence-corrected chi connectivity index (χ0v) is 19.8. The molecule has 3 N–H and O–H groups in total. The number of alkyl carbamates (subject to hydrolysis) is 1. The van der Waals surface area contributed by atoms with Gasteiger partial charge in [-0.3, -0.25) is 0 Å². The molecular formula is C20H34F3N5O4. The third-order valence-electron chi connectivity index (χ3n) is 3.67. The molecule has 32 heavy (non-hydrogen) atoms. The number of methoxy groups -OCH3 is 2. The van der Waals surface area contributed by atoms with Crippen LogP contribution in [0.2, 0.25) is 0 Å². The molecular weight excluding hydrogens is 431 g/mol. The van der Waals surface area contributed by atoms with E-state index in [1.54, 1.807) is 31.1 Å². The number of nitrogens with one attached hydrogen (secondary N) is 1. The molecule has 0 aliphatic heterocycles. The molecule has 2 heterocycles. The fourth-order valence-corrected chi connectivity index (χ4v) is 1.75. The van der Waals surface area contributed by atoms with Crippen molar-refractivity contribution in [3.05, 3.63) is 29.7 Å². The van der Waals surface area contributed by atoms with Gasteiger partial charge in [-0.15, -0.1) is 0 Å². The molecule has 2 aromatic heterocycles. The normalized spacial score (nSPS) is 11.8. The minimum Gasteiger partial charge on any atom is -0.444 e. The quantitative estimate of drug-likeness (QED) is 0.711. The molecule has 0 atom stereocenters. The number of hydrogen-bond acceptors (Lipinski definition) is 7. The van der Waals surface area contributed by atoms with Gasteiger partial charge in [0.15, 0.2) is 11.2 Å². The molecule has 0 saturated heterocycles. The van der Waals surface area contributed by atoms with Crippen molar-refractivity contribution in [2.45, 2.75) is 65.1 Å². The van der Waals surface area contributed by atoms with Crippen LogP contribution < -0.4 is 11.1 Å². The Hall–Kier alpha value is -2.44. The third-order valence-corrected chi connectivity index (χ3v) is 3.67. The molecule has 0 radical (unpaired) electrons. The standard InChI is InChI=1S/C13H19N5O2.C5H9F3O.C2H6O/c1-13(2,3)20-12(19)15-7-10-8-18-11(17-10)4-9(5-14)6-16-18;1-4(2,9-3)5(6,7)8;1-3-2/h4,6,8H,5,7,14H2,1-3H3,(H,15,19);1-3H3;1-2H3. The molecule has 1 amide bonds. The number of nitrogens with zero attached hydrogens (tertiary/aromatic N) is 3. The first-order chi connectivity index (χ1) is 14.6. The number of alkyl halides is 3. The number of carbonyl (C=O) groups excluding carboxylic acids is 1. The maximum absolute atomic E-state index is 11.7. The fourth-order valence-electron chi connectivity index (χ4n) is 1.75. The maximum Gasteiger partial charge on any atom is 0.416 e. The van der Waals surface area contributed by atoms with E-state index in [-0.39, 0.29) is 6.54 Å². The van der Waals surface area contributed by atoms with Crippen LogP contribution in [-0.4, -0.2) is 59.4 Å². The van der Waals surface area contributed by atoms with E-state index < -0.39 is 23.5 Å². The lowest BCUT2D eigenvalue weighted by Crippen LogP contribution is -2.40. The highest BCUT2D eigenvalue weighted by atomic mass is 19.4. The van der Waals surface area contributed by atoms with Crippen LogP contribution in [0.25, 0.3) is 5.65 Å². The highest BCUT2D eigenvalue weighted by Gasteiger charge is 2.47. The summed E-state index contributed by atoms with van der Waals surface area (Å²) in [6.07, 6.45) is -1.29. The molecule has 0 aromatic carbocycles. The Bertz CT molecular complexity index is 833. The fraction of sp³-hybridized carbons (Fsp3) is 0.650. The van der Waals surface area contributed by atoms with E-state index in [0.29, 0.717) is 17.9 Å². The van der Waals surface area contributed by atoms with Crippen molar-refractivity contribution in [1.82, 2.24) is 19.9 Å². The topological polar surface area (TPSA) is 113 Å². The van der Waals surface area contributed by atoms with Crippen molar-refractivity contribution >= 4 is 11.7 Å². The number of rotatable bonds is 4. The van der Waals surface area contributed by atoms with Crippen LogP contribution in [0, 0.1) is 0 Å². The Kier molecular flexibility index (Phi) is 11.6. The summed E-state index contributed by atoms with van der Waals surface area (Å²) in [5.41, 5.74) is 5.34. The summed E-state index contributed by atoms with van der Waals surface area (Å²) in [5.74, 6) is 0. The number of halogens is 3. The Balaban J connectivity index is 0.000000672. The van der Waals surface area contributed by atoms with E-state index in [4.69, 9.17) is 10.5 Å². The summed E-state index contributed by atoms with van der Waals surface area (Å²) in [5, 5.41) is 6.84. The summed E-state index contributed by atoms with van der Waals surface area (Å²) < 4.78 is 50.4. The highest BCUT2D eigenvalue weighted by Crippen LogP contribution is 2.31. The van der Waals surface area contributed by atoms with Crippen molar-refractivity contribution in [3.63, 3.8) is 0 Å². The molecule has 0 spiro atoms. The second-order valence-corrected chi connectivity index (χ2v) is 8.08. The summed E-state index contributed by atoms with van der Waals surface area (Å²) in [7, 11) is 4.29. The van der Waals surface area contributed by atoms with Gasteiger partial charge in [-0.05, 0) is 46.2 Å². The van der Waals surface area contributed by atoms with Crippen molar-refractivity contribution in [2.75, 3.05) is 21.3 Å². The van der Waals surface area contributed by atoms with E-state index in [1.165, 1.54) is 0 Å². The summed E-state index contributed by atoms with van der Waals surface area (Å²) in [4.78, 5) is 15.9. The number of hydrogen-bond donors (Lipinski definition) is 2. The van der Waals surface area contributed by atoms with Crippen LogP contribution in [-0.2, 0) is 27.3 Å². The molecule has 0 bridgehead atoms. The van der Waals surface area contributed by atoms with Gasteiger partial charge < -0.3 is 25.3 Å². The number of nitrogens with two attached hydrogens (primary N) is 1. The van der Waals surface area contributed by atoms with Gasteiger partial charge in [-0.2, -0.15) is 18.3 Å². The van der Waals surface area contributed by atoms with E-state index in [0.717, 1.165) is 26.5 Å². The third kappa shape index (κ3) is 10.7.